The van der Waals surface area contributed by atoms with E-state index in [1.807, 2.05) is 0 Å². The lowest BCUT2D eigenvalue weighted by Crippen LogP contribution is -2.53. The predicted octanol–water partition coefficient (Wildman–Crippen LogP) is 0.889. The Kier molecular flexibility index (Phi) is 9.30. The predicted molar refractivity (Wildman–Crippen MR) is 137 cm³/mol. The molecule has 0 atom stereocenters. The van der Waals surface area contributed by atoms with Gasteiger partial charge >= 0.3 is 5.97 Å². The van der Waals surface area contributed by atoms with E-state index in [0.717, 1.165) is 31.5 Å². The number of rotatable bonds is 8. The highest BCUT2D eigenvalue weighted by atomic mass is 32.2. The maximum atomic E-state index is 13.2. The largest absolute Gasteiger partial charge is 0.465 e. The van der Waals surface area contributed by atoms with Crippen molar-refractivity contribution in [1.82, 2.24) is 14.1 Å². The van der Waals surface area contributed by atoms with Crippen molar-refractivity contribution in [3.63, 3.8) is 0 Å². The molecule has 1 amide bonds. The summed E-state index contributed by atoms with van der Waals surface area (Å²) in [6.45, 7) is 6.88. The Bertz CT molecular complexity index is 1130. The molecule has 2 heterocycles. The first-order valence-corrected chi connectivity index (χ1v) is 13.3. The van der Waals surface area contributed by atoms with E-state index in [2.05, 4.69) is 11.5 Å². The smallest absolute Gasteiger partial charge is 0.339 e. The Morgan fingerprint density at radius 1 is 1.11 bits per heavy atom. The average Bonchev–Trinajstić information content (AvgIpc) is 2.88. The summed E-state index contributed by atoms with van der Waals surface area (Å²) in [4.78, 5) is 29.1. The van der Waals surface area contributed by atoms with Crippen molar-refractivity contribution in [1.29, 1.82) is 0 Å². The molecule has 0 bridgehead atoms. The van der Waals surface area contributed by atoms with Gasteiger partial charge in [0.2, 0.25) is 15.9 Å². The monoisotopic (exact) mass is 517 g/mol. The first-order valence-electron chi connectivity index (χ1n) is 11.9. The van der Waals surface area contributed by atoms with Crippen LogP contribution in [-0.4, -0.2) is 87.3 Å². The summed E-state index contributed by atoms with van der Waals surface area (Å²) < 4.78 is 32.5. The van der Waals surface area contributed by atoms with E-state index < -0.39 is 16.0 Å². The van der Waals surface area contributed by atoms with E-state index in [9.17, 15) is 18.0 Å². The lowest BCUT2D eigenvalue weighted by atomic mass is 9.94. The first-order chi connectivity index (χ1) is 17.2. The van der Waals surface area contributed by atoms with Crippen molar-refractivity contribution >= 4 is 21.9 Å². The molecule has 2 aliphatic heterocycles. The highest BCUT2D eigenvalue weighted by Gasteiger charge is 2.35. The van der Waals surface area contributed by atoms with Gasteiger partial charge in [-0.15, -0.1) is 0 Å². The van der Waals surface area contributed by atoms with Crippen LogP contribution in [0.2, 0.25) is 0 Å². The zero-order valence-electron chi connectivity index (χ0n) is 20.6. The van der Waals surface area contributed by atoms with Gasteiger partial charge < -0.3 is 21.1 Å². The number of benzene rings is 1. The van der Waals surface area contributed by atoms with Gasteiger partial charge in [-0.2, -0.15) is 4.31 Å². The minimum atomic E-state index is -3.90. The number of methoxy groups -OCH3 is 1. The van der Waals surface area contributed by atoms with Crippen molar-refractivity contribution < 1.29 is 22.7 Å². The van der Waals surface area contributed by atoms with E-state index in [1.54, 1.807) is 29.2 Å². The fourth-order valence-corrected chi connectivity index (χ4v) is 6.22. The highest BCUT2D eigenvalue weighted by molar-refractivity contribution is 7.89. The van der Waals surface area contributed by atoms with E-state index in [0.29, 0.717) is 25.3 Å². The summed E-state index contributed by atoms with van der Waals surface area (Å²) in [5.74, 6) is -0.732. The zero-order chi connectivity index (χ0) is 26.3. The Labute approximate surface area is 212 Å². The number of esters is 1. The third-order valence-corrected chi connectivity index (χ3v) is 8.44. The van der Waals surface area contributed by atoms with Crippen LogP contribution in [0.4, 0.5) is 0 Å². The molecule has 3 rings (SSSR count). The minimum absolute atomic E-state index is 0.000924. The molecule has 0 aliphatic carbocycles. The number of carbonyl (C=O) groups is 2. The SMILES string of the molecule is C=C(N)/C=C(\C=C/N)CN1CCC(C(=O)N2CCN(S(=O)(=O)c3ccccc3C(=O)OC)CC2)CC1. The Morgan fingerprint density at radius 3 is 2.33 bits per heavy atom. The molecule has 0 aromatic heterocycles. The van der Waals surface area contributed by atoms with Gasteiger partial charge in [0.15, 0.2) is 0 Å². The van der Waals surface area contributed by atoms with Gasteiger partial charge in [0, 0.05) is 44.3 Å². The maximum absolute atomic E-state index is 13.2. The van der Waals surface area contributed by atoms with E-state index in [-0.39, 0.29) is 35.4 Å². The normalized spacial score (nSPS) is 18.9. The number of allylic oxidation sites excluding steroid dienone is 1. The Balaban J connectivity index is 1.56. The summed E-state index contributed by atoms with van der Waals surface area (Å²) in [6, 6.07) is 6.00. The minimum Gasteiger partial charge on any atom is -0.465 e. The second-order valence-corrected chi connectivity index (χ2v) is 10.8. The molecule has 2 aliphatic rings. The molecule has 11 heteroatoms. The van der Waals surface area contributed by atoms with Crippen LogP contribution in [-0.2, 0) is 19.6 Å². The fraction of sp³-hybridized carbons (Fsp3) is 0.440. The van der Waals surface area contributed by atoms with Gasteiger partial charge in [-0.25, -0.2) is 13.2 Å². The van der Waals surface area contributed by atoms with Gasteiger partial charge in [-0.1, -0.05) is 18.7 Å². The highest BCUT2D eigenvalue weighted by Crippen LogP contribution is 2.25. The number of piperidine rings is 1. The van der Waals surface area contributed by atoms with Crippen LogP contribution in [0.15, 0.2) is 65.4 Å². The fourth-order valence-electron chi connectivity index (χ4n) is 4.62. The second-order valence-electron chi connectivity index (χ2n) is 8.92. The average molecular weight is 518 g/mol. The number of sulfonamides is 1. The van der Waals surface area contributed by atoms with Crippen LogP contribution in [0.5, 0.6) is 0 Å². The molecule has 2 saturated heterocycles. The van der Waals surface area contributed by atoms with Crippen LogP contribution in [0.3, 0.4) is 0 Å². The number of hydrogen-bond acceptors (Lipinski definition) is 8. The molecule has 0 saturated carbocycles. The van der Waals surface area contributed by atoms with Crippen LogP contribution in [0.1, 0.15) is 23.2 Å². The second kappa shape index (κ2) is 12.2. The van der Waals surface area contributed by atoms with Gasteiger partial charge in [0.05, 0.1) is 17.6 Å². The van der Waals surface area contributed by atoms with E-state index >= 15 is 0 Å². The summed E-state index contributed by atoms with van der Waals surface area (Å²) in [5.41, 5.74) is 12.6. The molecule has 0 unspecified atom stereocenters. The van der Waals surface area contributed by atoms with Crippen LogP contribution in [0.25, 0.3) is 0 Å². The zero-order valence-corrected chi connectivity index (χ0v) is 21.5. The molecular weight excluding hydrogens is 482 g/mol. The molecule has 0 spiro atoms. The van der Waals surface area contributed by atoms with Gasteiger partial charge in [0.25, 0.3) is 0 Å². The number of amides is 1. The van der Waals surface area contributed by atoms with Gasteiger partial charge in [-0.05, 0) is 62.0 Å². The van der Waals surface area contributed by atoms with Crippen molar-refractivity contribution in [2.45, 2.75) is 17.7 Å². The molecule has 4 N–H and O–H groups in total. The third kappa shape index (κ3) is 6.54. The molecule has 2 fully saturated rings. The quantitative estimate of drug-likeness (QED) is 0.383. The van der Waals surface area contributed by atoms with E-state index in [1.165, 1.54) is 29.7 Å². The van der Waals surface area contributed by atoms with Crippen molar-refractivity contribution in [3.05, 3.63) is 66.0 Å². The van der Waals surface area contributed by atoms with Crippen LogP contribution in [0, 0.1) is 5.92 Å². The van der Waals surface area contributed by atoms with Crippen LogP contribution >= 0.6 is 0 Å². The molecule has 1 aromatic carbocycles. The molecular formula is C25H35N5O5S. The topological polar surface area (TPSA) is 139 Å². The number of hydrogen-bond donors (Lipinski definition) is 2. The van der Waals surface area contributed by atoms with Gasteiger partial charge in [0.1, 0.15) is 0 Å². The molecule has 196 valence electrons. The number of ether oxygens (including phenoxy) is 1. The number of nitrogens with two attached hydrogens (primary N) is 2. The summed E-state index contributed by atoms with van der Waals surface area (Å²) in [7, 11) is -2.69. The summed E-state index contributed by atoms with van der Waals surface area (Å²) in [6.07, 6.45) is 6.52. The first kappa shape index (κ1) is 27.4. The lowest BCUT2D eigenvalue weighted by molar-refractivity contribution is -0.138. The number of piperazine rings is 1. The molecule has 36 heavy (non-hydrogen) atoms. The lowest BCUT2D eigenvalue weighted by Gasteiger charge is -2.38. The maximum Gasteiger partial charge on any atom is 0.339 e. The third-order valence-electron chi connectivity index (χ3n) is 6.48. The molecule has 1 aromatic rings. The van der Waals surface area contributed by atoms with Gasteiger partial charge in [-0.3, -0.25) is 9.69 Å². The van der Waals surface area contributed by atoms with Crippen LogP contribution < -0.4 is 11.5 Å². The number of carbonyl (C=O) groups excluding carboxylic acids is 2. The van der Waals surface area contributed by atoms with E-state index in [4.69, 9.17) is 16.2 Å². The summed E-state index contributed by atoms with van der Waals surface area (Å²) in [5, 5.41) is 0. The summed E-state index contributed by atoms with van der Waals surface area (Å²) >= 11 is 0. The number of nitrogens with zero attached hydrogens (tertiary/aromatic N) is 3. The molecule has 0 radical (unpaired) electrons. The Hall–Kier alpha value is -3.15. The standard InChI is InChI=1S/C25H35N5O5S/c1-19(27)17-20(7-10-26)18-28-11-8-21(9-12-28)24(31)29-13-15-30(16-14-29)36(33,34)23-6-4-3-5-22(23)25(32)35-2/h3-7,10,17,21H,1,8-9,11-16,18,26-27H2,2H3/b10-7-,20-17+. The number of likely N-dealkylation sites (tertiary alicyclic amines) is 1. The van der Waals surface area contributed by atoms with Crippen molar-refractivity contribution in [2.75, 3.05) is 52.9 Å². The van der Waals surface area contributed by atoms with Crippen molar-refractivity contribution in [2.24, 2.45) is 17.4 Å². The molecule has 10 nitrogen and oxygen atoms in total. The van der Waals surface area contributed by atoms with Crippen molar-refractivity contribution in [3.8, 4) is 0 Å². The Morgan fingerprint density at radius 2 is 1.75 bits per heavy atom.